The van der Waals surface area contributed by atoms with Gasteiger partial charge in [-0.2, -0.15) is 0 Å². The summed E-state index contributed by atoms with van der Waals surface area (Å²) < 4.78 is 44.5. The summed E-state index contributed by atoms with van der Waals surface area (Å²) in [5.74, 6) is -0.598. The zero-order valence-corrected chi connectivity index (χ0v) is 11.3. The number of nitrogen functional groups attached to an aromatic ring is 1. The Morgan fingerprint density at radius 3 is 2.61 bits per heavy atom. The molecule has 1 aromatic rings. The van der Waals surface area contributed by atoms with Crippen molar-refractivity contribution < 1.29 is 17.5 Å². The molecule has 0 saturated carbocycles. The van der Waals surface area contributed by atoms with Gasteiger partial charge in [0, 0.05) is 13.7 Å². The van der Waals surface area contributed by atoms with Gasteiger partial charge in [-0.1, -0.05) is 0 Å². The molecular formula is C11H17FN2O3S. The number of hydrogen-bond donors (Lipinski definition) is 2. The van der Waals surface area contributed by atoms with Crippen molar-refractivity contribution in [2.75, 3.05) is 19.4 Å². The fourth-order valence-electron chi connectivity index (χ4n) is 1.31. The molecule has 0 radical (unpaired) electrons. The summed E-state index contributed by atoms with van der Waals surface area (Å²) >= 11 is 0. The number of benzene rings is 1. The third kappa shape index (κ3) is 3.41. The molecule has 0 spiro atoms. The Balaban J connectivity index is 2.99. The molecule has 7 heteroatoms. The van der Waals surface area contributed by atoms with Gasteiger partial charge in [0.05, 0.1) is 16.7 Å². The maximum Gasteiger partial charge on any atom is 0.240 e. The highest BCUT2D eigenvalue weighted by molar-refractivity contribution is 7.89. The first-order valence-electron chi connectivity index (χ1n) is 5.36. The van der Waals surface area contributed by atoms with E-state index in [1.807, 2.05) is 0 Å². The first kappa shape index (κ1) is 14.9. The van der Waals surface area contributed by atoms with Gasteiger partial charge in [-0.15, -0.1) is 0 Å². The number of ether oxygens (including phenoxy) is 1. The normalized spacial score (nSPS) is 13.6. The summed E-state index contributed by atoms with van der Waals surface area (Å²) in [6, 6.07) is 2.34. The first-order chi connectivity index (χ1) is 8.27. The van der Waals surface area contributed by atoms with E-state index in [0.29, 0.717) is 0 Å². The van der Waals surface area contributed by atoms with E-state index in [9.17, 15) is 12.8 Å². The highest BCUT2D eigenvalue weighted by Gasteiger charge is 2.17. The summed E-state index contributed by atoms with van der Waals surface area (Å²) in [7, 11) is -2.22. The molecule has 1 unspecified atom stereocenters. The van der Waals surface area contributed by atoms with Crippen LogP contribution in [0.3, 0.4) is 0 Å². The molecule has 0 saturated heterocycles. The quantitative estimate of drug-likeness (QED) is 0.787. The number of hydrogen-bond acceptors (Lipinski definition) is 4. The van der Waals surface area contributed by atoms with E-state index >= 15 is 0 Å². The second kappa shape index (κ2) is 5.64. The summed E-state index contributed by atoms with van der Waals surface area (Å²) in [4.78, 5) is -0.0535. The van der Waals surface area contributed by atoms with E-state index in [1.54, 1.807) is 6.92 Å². The SMILES string of the molecule is COC(C)CNS(=O)(=O)c1cc(C)c(F)c(N)c1. The Morgan fingerprint density at radius 1 is 1.50 bits per heavy atom. The Kier molecular flexibility index (Phi) is 4.66. The maximum absolute atomic E-state index is 13.3. The molecule has 3 N–H and O–H groups in total. The lowest BCUT2D eigenvalue weighted by Crippen LogP contribution is -2.31. The molecule has 1 atom stereocenters. The van der Waals surface area contributed by atoms with Crippen LogP contribution in [0.15, 0.2) is 17.0 Å². The van der Waals surface area contributed by atoms with Crippen LogP contribution in [0.25, 0.3) is 0 Å². The van der Waals surface area contributed by atoms with Crippen molar-refractivity contribution in [3.05, 3.63) is 23.5 Å². The van der Waals surface area contributed by atoms with Crippen LogP contribution < -0.4 is 10.5 Å². The predicted molar refractivity (Wildman–Crippen MR) is 67.2 cm³/mol. The standard InChI is InChI=1S/C11H17FN2O3S/c1-7-4-9(5-10(13)11(7)12)18(15,16)14-6-8(2)17-3/h4-5,8,14H,6,13H2,1-3H3. The first-order valence-corrected chi connectivity index (χ1v) is 6.84. The number of anilines is 1. The molecule has 0 aliphatic rings. The number of aryl methyl sites for hydroxylation is 1. The average Bonchev–Trinajstić information content (AvgIpc) is 2.32. The van der Waals surface area contributed by atoms with Crippen LogP contribution in [0.2, 0.25) is 0 Å². The van der Waals surface area contributed by atoms with Crippen LogP contribution in [0.1, 0.15) is 12.5 Å². The molecule has 0 aliphatic carbocycles. The lowest BCUT2D eigenvalue weighted by Gasteiger charge is -2.12. The van der Waals surface area contributed by atoms with E-state index in [2.05, 4.69) is 4.72 Å². The van der Waals surface area contributed by atoms with Crippen molar-refractivity contribution in [1.29, 1.82) is 0 Å². The summed E-state index contributed by atoms with van der Waals surface area (Å²) in [5, 5.41) is 0. The van der Waals surface area contributed by atoms with Gasteiger partial charge < -0.3 is 10.5 Å². The van der Waals surface area contributed by atoms with Crippen molar-refractivity contribution in [2.24, 2.45) is 0 Å². The molecule has 0 fully saturated rings. The maximum atomic E-state index is 13.3. The third-order valence-electron chi connectivity index (χ3n) is 2.53. The number of sulfonamides is 1. The number of halogens is 1. The minimum Gasteiger partial charge on any atom is -0.396 e. The fourth-order valence-corrected chi connectivity index (χ4v) is 2.55. The van der Waals surface area contributed by atoms with Crippen molar-refractivity contribution in [1.82, 2.24) is 4.72 Å². The molecule has 0 heterocycles. The van der Waals surface area contributed by atoms with Crippen LogP contribution in [0.4, 0.5) is 10.1 Å². The molecule has 102 valence electrons. The minimum atomic E-state index is -3.70. The molecule has 0 bridgehead atoms. The van der Waals surface area contributed by atoms with Crippen LogP contribution in [-0.4, -0.2) is 28.2 Å². The Morgan fingerprint density at radius 2 is 2.11 bits per heavy atom. The third-order valence-corrected chi connectivity index (χ3v) is 3.93. The van der Waals surface area contributed by atoms with E-state index in [1.165, 1.54) is 20.1 Å². The Bertz CT molecular complexity index is 508. The molecule has 5 nitrogen and oxygen atoms in total. The lowest BCUT2D eigenvalue weighted by atomic mass is 10.2. The molecule has 18 heavy (non-hydrogen) atoms. The molecular weight excluding hydrogens is 259 g/mol. The molecule has 0 amide bonds. The van der Waals surface area contributed by atoms with Gasteiger partial charge in [0.25, 0.3) is 0 Å². The van der Waals surface area contributed by atoms with Gasteiger partial charge in [0.1, 0.15) is 5.82 Å². The van der Waals surface area contributed by atoms with Crippen LogP contribution in [-0.2, 0) is 14.8 Å². The number of rotatable bonds is 5. The predicted octanol–water partition coefficient (Wildman–Crippen LogP) is 1.03. The van der Waals surface area contributed by atoms with Crippen LogP contribution in [0, 0.1) is 12.7 Å². The molecule has 1 aromatic carbocycles. The smallest absolute Gasteiger partial charge is 0.240 e. The van der Waals surface area contributed by atoms with Gasteiger partial charge in [-0.3, -0.25) is 0 Å². The fraction of sp³-hybridized carbons (Fsp3) is 0.455. The summed E-state index contributed by atoms with van der Waals surface area (Å²) in [6.07, 6.45) is -0.251. The minimum absolute atomic E-state index is 0.0535. The Hall–Kier alpha value is -1.18. The Labute approximate surface area is 106 Å². The zero-order chi connectivity index (χ0) is 13.9. The largest absolute Gasteiger partial charge is 0.396 e. The van der Waals surface area contributed by atoms with Gasteiger partial charge >= 0.3 is 0 Å². The lowest BCUT2D eigenvalue weighted by molar-refractivity contribution is 0.122. The zero-order valence-electron chi connectivity index (χ0n) is 10.5. The van der Waals surface area contributed by atoms with Crippen molar-refractivity contribution in [2.45, 2.75) is 24.8 Å². The van der Waals surface area contributed by atoms with Gasteiger partial charge in [-0.05, 0) is 31.5 Å². The van der Waals surface area contributed by atoms with Crippen molar-refractivity contribution in [3.8, 4) is 0 Å². The molecule has 0 aliphatic heterocycles. The number of nitrogens with one attached hydrogen (secondary N) is 1. The van der Waals surface area contributed by atoms with Gasteiger partial charge in [0.15, 0.2) is 0 Å². The molecule has 1 rings (SSSR count). The summed E-state index contributed by atoms with van der Waals surface area (Å²) in [6.45, 7) is 3.32. The summed E-state index contributed by atoms with van der Waals surface area (Å²) in [5.41, 5.74) is 5.41. The average molecular weight is 276 g/mol. The van der Waals surface area contributed by atoms with Gasteiger partial charge in [-0.25, -0.2) is 17.5 Å². The van der Waals surface area contributed by atoms with Crippen LogP contribution in [0.5, 0.6) is 0 Å². The highest BCUT2D eigenvalue weighted by Crippen LogP contribution is 2.20. The van der Waals surface area contributed by atoms with Crippen molar-refractivity contribution >= 4 is 15.7 Å². The number of methoxy groups -OCH3 is 1. The monoisotopic (exact) mass is 276 g/mol. The number of nitrogens with two attached hydrogens (primary N) is 1. The topological polar surface area (TPSA) is 81.4 Å². The van der Waals surface area contributed by atoms with E-state index in [-0.39, 0.29) is 28.8 Å². The van der Waals surface area contributed by atoms with E-state index in [0.717, 1.165) is 6.07 Å². The second-order valence-electron chi connectivity index (χ2n) is 4.04. The molecule has 0 aromatic heterocycles. The van der Waals surface area contributed by atoms with E-state index < -0.39 is 15.8 Å². The van der Waals surface area contributed by atoms with Crippen molar-refractivity contribution in [3.63, 3.8) is 0 Å². The van der Waals surface area contributed by atoms with E-state index in [4.69, 9.17) is 10.5 Å². The highest BCUT2D eigenvalue weighted by atomic mass is 32.2. The van der Waals surface area contributed by atoms with Crippen LogP contribution >= 0.6 is 0 Å². The second-order valence-corrected chi connectivity index (χ2v) is 5.81. The van der Waals surface area contributed by atoms with Gasteiger partial charge in [0.2, 0.25) is 10.0 Å².